The molecule has 3 heteroatoms. The van der Waals surface area contributed by atoms with Crippen LogP contribution in [0.25, 0.3) is 11.1 Å². The Hall–Kier alpha value is -1.23. The molecule has 0 saturated carbocycles. The molecule has 2 nitrogen and oxygen atoms in total. The molecule has 0 N–H and O–H groups in total. The SMILES string of the molecule is C1=C(c2ccc([I+]c3ccc(C4=CCCCC4)o3)o2)CCCC1. The van der Waals surface area contributed by atoms with Crippen molar-refractivity contribution in [2.75, 3.05) is 0 Å². The van der Waals surface area contributed by atoms with Crippen molar-refractivity contribution >= 4 is 11.1 Å². The fourth-order valence-corrected chi connectivity index (χ4v) is 5.23. The van der Waals surface area contributed by atoms with Crippen LogP contribution >= 0.6 is 0 Å². The van der Waals surface area contributed by atoms with Crippen LogP contribution in [0.15, 0.2) is 45.3 Å². The molecule has 0 bridgehead atoms. The second-order valence-electron chi connectivity index (χ2n) is 6.25. The van der Waals surface area contributed by atoms with Gasteiger partial charge in [0.15, 0.2) is 0 Å². The summed E-state index contributed by atoms with van der Waals surface area (Å²) in [6.45, 7) is 0. The van der Waals surface area contributed by atoms with E-state index in [1.54, 1.807) is 0 Å². The lowest BCUT2D eigenvalue weighted by atomic mass is 9.98. The topological polar surface area (TPSA) is 26.3 Å². The molecule has 2 heterocycles. The molecule has 0 amide bonds. The lowest BCUT2D eigenvalue weighted by Gasteiger charge is -2.09. The Kier molecular flexibility index (Phi) is 4.74. The first-order valence-electron chi connectivity index (χ1n) is 8.62. The molecule has 0 fully saturated rings. The van der Waals surface area contributed by atoms with E-state index in [4.69, 9.17) is 8.83 Å². The van der Waals surface area contributed by atoms with Crippen LogP contribution in [0.1, 0.15) is 62.9 Å². The van der Waals surface area contributed by atoms with E-state index in [-0.39, 0.29) is 21.2 Å². The molecule has 0 unspecified atom stereocenters. The Balaban J connectivity index is 1.46. The molecule has 120 valence electrons. The van der Waals surface area contributed by atoms with Crippen molar-refractivity contribution in [3.05, 3.63) is 55.5 Å². The summed E-state index contributed by atoms with van der Waals surface area (Å²) in [6.07, 6.45) is 14.6. The van der Waals surface area contributed by atoms with Crippen LogP contribution in [0.5, 0.6) is 0 Å². The maximum Gasteiger partial charge on any atom is 0.443 e. The Bertz CT molecular complexity index is 670. The van der Waals surface area contributed by atoms with E-state index < -0.39 is 0 Å². The van der Waals surface area contributed by atoms with E-state index in [9.17, 15) is 0 Å². The Morgan fingerprint density at radius 3 is 1.61 bits per heavy atom. The molecule has 0 atom stereocenters. The maximum absolute atomic E-state index is 6.09. The number of hydrogen-bond acceptors (Lipinski definition) is 2. The summed E-state index contributed by atoms with van der Waals surface area (Å²) in [5.74, 6) is 2.14. The second kappa shape index (κ2) is 7.12. The molecule has 2 aliphatic rings. The van der Waals surface area contributed by atoms with Gasteiger partial charge in [-0.15, -0.1) is 0 Å². The summed E-state index contributed by atoms with van der Waals surface area (Å²) in [7, 11) is 0. The van der Waals surface area contributed by atoms with Gasteiger partial charge >= 0.3 is 28.7 Å². The van der Waals surface area contributed by atoms with E-state index in [2.05, 4.69) is 36.4 Å². The smallest absolute Gasteiger partial charge is 0.418 e. The van der Waals surface area contributed by atoms with E-state index in [1.165, 1.54) is 49.7 Å². The fraction of sp³-hybridized carbons (Fsp3) is 0.400. The van der Waals surface area contributed by atoms with Gasteiger partial charge in [0, 0.05) is 12.1 Å². The maximum atomic E-state index is 6.09. The molecular weight excluding hydrogens is 399 g/mol. The predicted molar refractivity (Wildman–Crippen MR) is 87.7 cm³/mol. The zero-order chi connectivity index (χ0) is 15.5. The monoisotopic (exact) mass is 421 g/mol. The van der Waals surface area contributed by atoms with Crippen molar-refractivity contribution in [3.63, 3.8) is 0 Å². The summed E-state index contributed by atoms with van der Waals surface area (Å²) in [5.41, 5.74) is 2.78. The molecule has 2 aliphatic carbocycles. The third-order valence-corrected chi connectivity index (χ3v) is 6.77. The molecule has 23 heavy (non-hydrogen) atoms. The molecule has 2 aromatic heterocycles. The molecule has 0 spiro atoms. The van der Waals surface area contributed by atoms with Gasteiger partial charge in [-0.3, -0.25) is 0 Å². The quantitative estimate of drug-likeness (QED) is 0.710. The lowest BCUT2D eigenvalue weighted by molar-refractivity contribution is -0.636. The molecule has 2 aromatic rings. The van der Waals surface area contributed by atoms with E-state index in [1.807, 2.05) is 0 Å². The predicted octanol–water partition coefficient (Wildman–Crippen LogP) is 2.92. The zero-order valence-electron chi connectivity index (χ0n) is 13.3. The van der Waals surface area contributed by atoms with Gasteiger partial charge in [0.2, 0.25) is 0 Å². The number of halogens is 1. The number of furan rings is 2. The van der Waals surface area contributed by atoms with Gasteiger partial charge in [0.25, 0.3) is 0 Å². The summed E-state index contributed by atoms with van der Waals surface area (Å²) < 4.78 is 14.4. The average Bonchev–Trinajstić information content (AvgIpc) is 3.27. The van der Waals surface area contributed by atoms with Gasteiger partial charge in [-0.1, -0.05) is 12.2 Å². The molecule has 0 radical (unpaired) electrons. The van der Waals surface area contributed by atoms with Gasteiger partial charge in [0.1, 0.15) is 11.5 Å². The van der Waals surface area contributed by atoms with Gasteiger partial charge in [-0.2, -0.15) is 0 Å². The fourth-order valence-electron chi connectivity index (χ4n) is 3.29. The first kappa shape index (κ1) is 15.3. The average molecular weight is 421 g/mol. The normalized spacial score (nSPS) is 18.6. The number of allylic oxidation sites excluding steroid dienone is 4. The summed E-state index contributed by atoms with van der Waals surface area (Å²) in [5, 5.41) is 0. The third-order valence-electron chi connectivity index (χ3n) is 4.55. The van der Waals surface area contributed by atoms with Crippen molar-refractivity contribution in [2.24, 2.45) is 0 Å². The van der Waals surface area contributed by atoms with Crippen LogP contribution in [0.4, 0.5) is 0 Å². The van der Waals surface area contributed by atoms with Crippen LogP contribution in [0, 0.1) is 7.53 Å². The van der Waals surface area contributed by atoms with Crippen LogP contribution in [-0.2, 0) is 0 Å². The van der Waals surface area contributed by atoms with Crippen molar-refractivity contribution < 1.29 is 30.0 Å². The van der Waals surface area contributed by atoms with E-state index in [0.717, 1.165) is 31.9 Å². The van der Waals surface area contributed by atoms with Crippen LogP contribution in [0.3, 0.4) is 0 Å². The van der Waals surface area contributed by atoms with Gasteiger partial charge in [0.05, 0.1) is 0 Å². The summed E-state index contributed by atoms with van der Waals surface area (Å²) in [6, 6.07) is 8.56. The molecular formula is C20H22IO2+. The zero-order valence-corrected chi connectivity index (χ0v) is 15.5. The Morgan fingerprint density at radius 2 is 1.17 bits per heavy atom. The molecule has 0 aromatic carbocycles. The minimum atomic E-state index is -0.363. The molecule has 0 saturated heterocycles. The van der Waals surface area contributed by atoms with E-state index in [0.29, 0.717) is 0 Å². The Labute approximate surface area is 147 Å². The molecule has 4 rings (SSSR count). The highest BCUT2D eigenvalue weighted by Crippen LogP contribution is 2.27. The van der Waals surface area contributed by atoms with Crippen molar-refractivity contribution in [3.8, 4) is 0 Å². The second-order valence-corrected chi connectivity index (χ2v) is 8.92. The standard InChI is InChI=1S/C20H22IO2/c1-3-7-15(8-4-1)17-11-13-19(22-17)21-20-14-12-18(23-20)16-9-5-2-6-10-16/h7,9,11-14H,1-6,8,10H2/q+1. The first-order chi connectivity index (χ1) is 11.4. The van der Waals surface area contributed by atoms with Gasteiger partial charge in [-0.05, 0) is 74.6 Å². The van der Waals surface area contributed by atoms with Crippen LogP contribution in [0.2, 0.25) is 0 Å². The third kappa shape index (κ3) is 3.65. The highest BCUT2D eigenvalue weighted by molar-refractivity contribution is 5.62. The van der Waals surface area contributed by atoms with Crippen molar-refractivity contribution in [1.29, 1.82) is 0 Å². The minimum Gasteiger partial charge on any atom is -0.418 e. The largest absolute Gasteiger partial charge is 0.443 e. The van der Waals surface area contributed by atoms with Crippen LogP contribution in [-0.4, -0.2) is 0 Å². The first-order valence-corrected chi connectivity index (χ1v) is 10.8. The summed E-state index contributed by atoms with van der Waals surface area (Å²) >= 11 is -0.363. The van der Waals surface area contributed by atoms with Crippen molar-refractivity contribution in [1.82, 2.24) is 0 Å². The number of hydrogen-bond donors (Lipinski definition) is 0. The highest BCUT2D eigenvalue weighted by Gasteiger charge is 2.26. The van der Waals surface area contributed by atoms with Gasteiger partial charge in [-0.25, -0.2) is 0 Å². The minimum absolute atomic E-state index is 0.363. The molecule has 0 aliphatic heterocycles. The highest BCUT2D eigenvalue weighted by atomic mass is 127. The van der Waals surface area contributed by atoms with E-state index >= 15 is 0 Å². The number of rotatable bonds is 4. The Morgan fingerprint density at radius 1 is 0.652 bits per heavy atom. The van der Waals surface area contributed by atoms with Crippen LogP contribution < -0.4 is 21.2 Å². The lowest BCUT2D eigenvalue weighted by Crippen LogP contribution is -3.61. The summed E-state index contributed by atoms with van der Waals surface area (Å²) in [4.78, 5) is 0. The van der Waals surface area contributed by atoms with Gasteiger partial charge < -0.3 is 8.83 Å². The van der Waals surface area contributed by atoms with Crippen molar-refractivity contribution in [2.45, 2.75) is 51.4 Å².